The normalized spacial score (nSPS) is 12.7. The van der Waals surface area contributed by atoms with Crippen LogP contribution in [0.1, 0.15) is 41.8 Å². The lowest BCUT2D eigenvalue weighted by Gasteiger charge is -2.21. The molecule has 20 heavy (non-hydrogen) atoms. The molecule has 0 saturated heterocycles. The Labute approximate surface area is 129 Å². The summed E-state index contributed by atoms with van der Waals surface area (Å²) in [4.78, 5) is 0. The Morgan fingerprint density at radius 1 is 1.35 bits per heavy atom. The minimum absolute atomic E-state index is 0.152. The summed E-state index contributed by atoms with van der Waals surface area (Å²) in [6.07, 6.45) is 2.96. The van der Waals surface area contributed by atoms with Crippen molar-refractivity contribution in [3.63, 3.8) is 0 Å². The fourth-order valence-electron chi connectivity index (χ4n) is 2.64. The Balaban J connectivity index is 2.49. The molecule has 3 nitrogen and oxygen atoms in total. The van der Waals surface area contributed by atoms with Crippen LogP contribution in [0.4, 0.5) is 0 Å². The summed E-state index contributed by atoms with van der Waals surface area (Å²) < 4.78 is 3.15. The smallest absolute Gasteiger partial charge is 0.0760 e. The van der Waals surface area contributed by atoms with Gasteiger partial charge in [0.2, 0.25) is 0 Å². The Bertz CT molecular complexity index is 589. The maximum absolute atomic E-state index is 4.48. The monoisotopic (exact) mass is 335 g/mol. The fourth-order valence-corrected chi connectivity index (χ4v) is 3.16. The Morgan fingerprint density at radius 3 is 2.70 bits per heavy atom. The van der Waals surface area contributed by atoms with Crippen LogP contribution >= 0.6 is 15.9 Å². The van der Waals surface area contributed by atoms with E-state index < -0.39 is 0 Å². The second kappa shape index (κ2) is 6.55. The van der Waals surface area contributed by atoms with Gasteiger partial charge in [-0.1, -0.05) is 30.7 Å². The molecule has 0 bridgehead atoms. The van der Waals surface area contributed by atoms with Gasteiger partial charge < -0.3 is 5.32 Å². The summed E-state index contributed by atoms with van der Waals surface area (Å²) in [6, 6.07) is 6.76. The van der Waals surface area contributed by atoms with E-state index in [1.54, 1.807) is 0 Å². The van der Waals surface area contributed by atoms with Crippen molar-refractivity contribution >= 4 is 15.9 Å². The number of nitrogens with one attached hydrogen (secondary N) is 1. The lowest BCUT2D eigenvalue weighted by molar-refractivity contribution is 0.532. The molecule has 1 aromatic heterocycles. The SMILES string of the molecule is CCCn1ncc(Br)c1C(NC)c1ccc(C)cc1C. The van der Waals surface area contributed by atoms with Crippen LogP contribution < -0.4 is 5.32 Å². The predicted molar refractivity (Wildman–Crippen MR) is 87.0 cm³/mol. The zero-order chi connectivity index (χ0) is 14.7. The van der Waals surface area contributed by atoms with Gasteiger partial charge in [0, 0.05) is 6.54 Å². The van der Waals surface area contributed by atoms with Crippen molar-refractivity contribution in [3.05, 3.63) is 51.3 Å². The van der Waals surface area contributed by atoms with Crippen LogP contribution in [0.15, 0.2) is 28.9 Å². The number of hydrogen-bond donors (Lipinski definition) is 1. The van der Waals surface area contributed by atoms with Gasteiger partial charge in [0.15, 0.2) is 0 Å². The standard InChI is InChI=1S/C16H22BrN3/c1-5-8-20-16(14(17)10-19-20)15(18-4)13-7-6-11(2)9-12(13)3/h6-7,9-10,15,18H,5,8H2,1-4H3. The van der Waals surface area contributed by atoms with E-state index in [4.69, 9.17) is 0 Å². The second-order valence-corrected chi connectivity index (χ2v) is 6.04. The lowest BCUT2D eigenvalue weighted by atomic mass is 9.97. The summed E-state index contributed by atoms with van der Waals surface area (Å²) in [5.74, 6) is 0. The minimum Gasteiger partial charge on any atom is -0.308 e. The maximum Gasteiger partial charge on any atom is 0.0760 e. The van der Waals surface area contributed by atoms with Gasteiger partial charge in [-0.05, 0) is 54.4 Å². The highest BCUT2D eigenvalue weighted by atomic mass is 79.9. The van der Waals surface area contributed by atoms with Crippen LogP contribution in [0.3, 0.4) is 0 Å². The molecule has 0 saturated carbocycles. The van der Waals surface area contributed by atoms with Crippen LogP contribution in [0, 0.1) is 13.8 Å². The maximum atomic E-state index is 4.48. The van der Waals surface area contributed by atoms with Crippen LogP contribution in [0.25, 0.3) is 0 Å². The van der Waals surface area contributed by atoms with Crippen LogP contribution in [-0.4, -0.2) is 16.8 Å². The first-order chi connectivity index (χ1) is 9.58. The van der Waals surface area contributed by atoms with Gasteiger partial charge in [-0.3, -0.25) is 4.68 Å². The topological polar surface area (TPSA) is 29.9 Å². The Kier molecular flexibility index (Phi) is 5.00. The summed E-state index contributed by atoms with van der Waals surface area (Å²) in [7, 11) is 2.00. The van der Waals surface area contributed by atoms with Crippen molar-refractivity contribution in [1.82, 2.24) is 15.1 Å². The van der Waals surface area contributed by atoms with Gasteiger partial charge in [0.25, 0.3) is 0 Å². The van der Waals surface area contributed by atoms with Crippen LogP contribution in [0.2, 0.25) is 0 Å². The third kappa shape index (κ3) is 2.96. The van der Waals surface area contributed by atoms with Gasteiger partial charge in [-0.25, -0.2) is 0 Å². The summed E-state index contributed by atoms with van der Waals surface area (Å²) in [5, 5.41) is 7.91. The van der Waals surface area contributed by atoms with Gasteiger partial charge in [-0.15, -0.1) is 0 Å². The van der Waals surface area contributed by atoms with Crippen molar-refractivity contribution in [2.45, 2.75) is 39.8 Å². The minimum atomic E-state index is 0.152. The molecular weight excluding hydrogens is 314 g/mol. The molecule has 0 aliphatic carbocycles. The molecule has 1 unspecified atom stereocenters. The quantitative estimate of drug-likeness (QED) is 0.895. The highest BCUT2D eigenvalue weighted by Gasteiger charge is 2.21. The number of rotatable bonds is 5. The number of aromatic nitrogens is 2. The number of aryl methyl sites for hydroxylation is 3. The Hall–Kier alpha value is -1.13. The van der Waals surface area contributed by atoms with E-state index >= 15 is 0 Å². The van der Waals surface area contributed by atoms with E-state index in [0.717, 1.165) is 17.4 Å². The number of hydrogen-bond acceptors (Lipinski definition) is 2. The Morgan fingerprint density at radius 2 is 2.10 bits per heavy atom. The summed E-state index contributed by atoms with van der Waals surface area (Å²) in [5.41, 5.74) is 5.10. The highest BCUT2D eigenvalue weighted by Crippen LogP contribution is 2.30. The molecule has 2 rings (SSSR count). The molecule has 0 amide bonds. The first-order valence-electron chi connectivity index (χ1n) is 7.04. The van der Waals surface area contributed by atoms with Crippen molar-refractivity contribution in [2.75, 3.05) is 7.05 Å². The molecule has 1 atom stereocenters. The van der Waals surface area contributed by atoms with Crippen molar-refractivity contribution in [2.24, 2.45) is 0 Å². The van der Waals surface area contributed by atoms with Crippen molar-refractivity contribution < 1.29 is 0 Å². The first kappa shape index (κ1) is 15.3. The molecule has 1 heterocycles. The molecule has 0 fully saturated rings. The van der Waals surface area contributed by atoms with Crippen molar-refractivity contribution in [1.29, 1.82) is 0 Å². The van der Waals surface area contributed by atoms with E-state index in [1.807, 2.05) is 13.2 Å². The van der Waals surface area contributed by atoms with E-state index in [9.17, 15) is 0 Å². The van der Waals surface area contributed by atoms with Gasteiger partial charge in [-0.2, -0.15) is 5.10 Å². The largest absolute Gasteiger partial charge is 0.308 e. The van der Waals surface area contributed by atoms with E-state index in [-0.39, 0.29) is 6.04 Å². The third-order valence-corrected chi connectivity index (χ3v) is 4.18. The number of nitrogens with zero attached hydrogens (tertiary/aromatic N) is 2. The van der Waals surface area contributed by atoms with Gasteiger partial charge >= 0.3 is 0 Å². The molecule has 0 aliphatic rings. The second-order valence-electron chi connectivity index (χ2n) is 5.18. The zero-order valence-electron chi connectivity index (χ0n) is 12.6. The average molecular weight is 336 g/mol. The van der Waals surface area contributed by atoms with Gasteiger partial charge in [0.05, 0.1) is 22.4 Å². The summed E-state index contributed by atoms with van der Waals surface area (Å²) in [6.45, 7) is 7.40. The van der Waals surface area contributed by atoms with Crippen molar-refractivity contribution in [3.8, 4) is 0 Å². The highest BCUT2D eigenvalue weighted by molar-refractivity contribution is 9.10. The lowest BCUT2D eigenvalue weighted by Crippen LogP contribution is -2.23. The van der Waals surface area contributed by atoms with E-state index in [1.165, 1.54) is 22.4 Å². The van der Waals surface area contributed by atoms with E-state index in [2.05, 4.69) is 70.0 Å². The predicted octanol–water partition coefficient (Wildman–Crippen LogP) is 3.98. The third-order valence-electron chi connectivity index (χ3n) is 3.57. The fraction of sp³-hybridized carbons (Fsp3) is 0.438. The molecule has 1 N–H and O–H groups in total. The van der Waals surface area contributed by atoms with Gasteiger partial charge in [0.1, 0.15) is 0 Å². The average Bonchev–Trinajstić information content (AvgIpc) is 2.75. The molecule has 0 radical (unpaired) electrons. The molecule has 108 valence electrons. The van der Waals surface area contributed by atoms with Crippen LogP contribution in [0.5, 0.6) is 0 Å². The molecule has 0 aliphatic heterocycles. The molecule has 4 heteroatoms. The molecular formula is C16H22BrN3. The first-order valence-corrected chi connectivity index (χ1v) is 7.83. The molecule has 0 spiro atoms. The zero-order valence-corrected chi connectivity index (χ0v) is 14.2. The van der Waals surface area contributed by atoms with Crippen LogP contribution in [-0.2, 0) is 6.54 Å². The van der Waals surface area contributed by atoms with E-state index in [0.29, 0.717) is 0 Å². The molecule has 2 aromatic rings. The summed E-state index contributed by atoms with van der Waals surface area (Å²) >= 11 is 3.64. The number of benzene rings is 1. The molecule has 1 aromatic carbocycles. The number of halogens is 1.